The van der Waals surface area contributed by atoms with Gasteiger partial charge in [-0.25, -0.2) is 4.99 Å². The molecular weight excluding hydrogens is 398 g/mol. The second kappa shape index (κ2) is 9.82. The molecule has 0 radical (unpaired) electrons. The zero-order chi connectivity index (χ0) is 15.0. The van der Waals surface area contributed by atoms with E-state index in [1.165, 1.54) is 6.07 Å². The lowest BCUT2D eigenvalue weighted by molar-refractivity contribution is -0.137. The van der Waals surface area contributed by atoms with E-state index in [1.54, 1.807) is 6.07 Å². The van der Waals surface area contributed by atoms with Gasteiger partial charge in [0, 0.05) is 13.1 Å². The summed E-state index contributed by atoms with van der Waals surface area (Å²) in [6, 6.07) is 5.07. The van der Waals surface area contributed by atoms with Gasteiger partial charge in [0.05, 0.1) is 18.7 Å². The quantitative estimate of drug-likeness (QED) is 0.392. The Morgan fingerprint density at radius 3 is 2.57 bits per heavy atom. The number of hydrogen-bond donors (Lipinski definition) is 3. The van der Waals surface area contributed by atoms with Gasteiger partial charge in [-0.15, -0.1) is 24.0 Å². The predicted octanol–water partition coefficient (Wildman–Crippen LogP) is 2.37. The molecule has 0 aliphatic heterocycles. The molecule has 1 rings (SSSR count). The smallest absolute Gasteiger partial charge is 0.395 e. The van der Waals surface area contributed by atoms with Crippen LogP contribution in [0.25, 0.3) is 0 Å². The van der Waals surface area contributed by atoms with Crippen LogP contribution < -0.4 is 10.6 Å². The van der Waals surface area contributed by atoms with Gasteiger partial charge in [-0.05, 0) is 24.6 Å². The molecule has 1 aromatic carbocycles. The number of guanidine groups is 1. The molecule has 120 valence electrons. The molecule has 0 heterocycles. The lowest BCUT2D eigenvalue weighted by atomic mass is 10.1. The fourth-order valence-electron chi connectivity index (χ4n) is 1.53. The first-order valence-corrected chi connectivity index (χ1v) is 6.26. The highest BCUT2D eigenvalue weighted by Gasteiger charge is 2.30. The maximum Gasteiger partial charge on any atom is 0.416 e. The Kier molecular flexibility index (Phi) is 9.34. The summed E-state index contributed by atoms with van der Waals surface area (Å²) in [4.78, 5) is 4.16. The van der Waals surface area contributed by atoms with Crippen LogP contribution in [0.2, 0.25) is 0 Å². The van der Waals surface area contributed by atoms with Crippen molar-refractivity contribution in [3.05, 3.63) is 35.4 Å². The topological polar surface area (TPSA) is 56.7 Å². The van der Waals surface area contributed by atoms with Crippen molar-refractivity contribution < 1.29 is 18.3 Å². The third kappa shape index (κ3) is 7.51. The number of aliphatic hydroxyl groups is 1. The molecule has 4 nitrogen and oxygen atoms in total. The van der Waals surface area contributed by atoms with E-state index in [0.717, 1.165) is 12.1 Å². The number of hydrogen-bond acceptors (Lipinski definition) is 2. The van der Waals surface area contributed by atoms with Crippen LogP contribution >= 0.6 is 24.0 Å². The summed E-state index contributed by atoms with van der Waals surface area (Å²) < 4.78 is 37.7. The van der Waals surface area contributed by atoms with Crippen molar-refractivity contribution in [1.82, 2.24) is 10.6 Å². The average molecular weight is 417 g/mol. The van der Waals surface area contributed by atoms with Crippen molar-refractivity contribution in [2.24, 2.45) is 4.99 Å². The van der Waals surface area contributed by atoms with Crippen LogP contribution in [0.4, 0.5) is 13.2 Å². The van der Waals surface area contributed by atoms with Crippen LogP contribution in [0.5, 0.6) is 0 Å². The van der Waals surface area contributed by atoms with Crippen LogP contribution in [0.3, 0.4) is 0 Å². The lowest BCUT2D eigenvalue weighted by Crippen LogP contribution is -2.38. The number of alkyl halides is 3. The van der Waals surface area contributed by atoms with Crippen LogP contribution in [0.1, 0.15) is 18.1 Å². The van der Waals surface area contributed by atoms with Crippen molar-refractivity contribution in [3.63, 3.8) is 0 Å². The van der Waals surface area contributed by atoms with Crippen molar-refractivity contribution in [2.75, 3.05) is 19.7 Å². The molecule has 0 aliphatic rings. The molecule has 0 unspecified atom stereocenters. The molecule has 0 spiro atoms. The van der Waals surface area contributed by atoms with E-state index in [-0.39, 0.29) is 37.1 Å². The van der Waals surface area contributed by atoms with Crippen molar-refractivity contribution >= 4 is 29.9 Å². The predicted molar refractivity (Wildman–Crippen MR) is 86.8 cm³/mol. The SMILES string of the molecule is CCNC(=NCc1cccc(C(F)(F)F)c1)NCCO.I. The van der Waals surface area contributed by atoms with Gasteiger partial charge in [0.1, 0.15) is 0 Å². The fraction of sp³-hybridized carbons (Fsp3) is 0.462. The minimum absolute atomic E-state index is 0. The van der Waals surface area contributed by atoms with Gasteiger partial charge in [-0.2, -0.15) is 13.2 Å². The lowest BCUT2D eigenvalue weighted by Gasteiger charge is -2.11. The molecule has 3 N–H and O–H groups in total. The van der Waals surface area contributed by atoms with E-state index in [2.05, 4.69) is 15.6 Å². The Hall–Kier alpha value is -1.03. The number of nitrogens with zero attached hydrogens (tertiary/aromatic N) is 1. The average Bonchev–Trinajstić information content (AvgIpc) is 2.41. The van der Waals surface area contributed by atoms with Crippen molar-refractivity contribution in [1.29, 1.82) is 0 Å². The van der Waals surface area contributed by atoms with Gasteiger partial charge < -0.3 is 15.7 Å². The van der Waals surface area contributed by atoms with E-state index >= 15 is 0 Å². The second-order valence-electron chi connectivity index (χ2n) is 4.04. The first kappa shape index (κ1) is 20.0. The first-order chi connectivity index (χ1) is 9.47. The molecule has 0 aliphatic carbocycles. The maximum atomic E-state index is 12.6. The number of rotatable bonds is 5. The summed E-state index contributed by atoms with van der Waals surface area (Å²) in [6.45, 7) is 2.91. The van der Waals surface area contributed by atoms with Gasteiger partial charge in [0.2, 0.25) is 0 Å². The third-order valence-corrected chi connectivity index (χ3v) is 2.42. The largest absolute Gasteiger partial charge is 0.416 e. The summed E-state index contributed by atoms with van der Waals surface area (Å²) in [5, 5.41) is 14.5. The third-order valence-electron chi connectivity index (χ3n) is 2.42. The normalized spacial score (nSPS) is 11.8. The van der Waals surface area contributed by atoms with Crippen LogP contribution in [0.15, 0.2) is 29.3 Å². The summed E-state index contributed by atoms with van der Waals surface area (Å²) in [6.07, 6.45) is -4.35. The Balaban J connectivity index is 0.00000400. The van der Waals surface area contributed by atoms with Gasteiger partial charge in [0.15, 0.2) is 5.96 Å². The Bertz CT molecular complexity index is 453. The Labute approximate surface area is 138 Å². The number of halogens is 4. The molecule has 0 saturated heterocycles. The summed E-state index contributed by atoms with van der Waals surface area (Å²) in [5.74, 6) is 0.457. The zero-order valence-corrected chi connectivity index (χ0v) is 13.9. The molecule has 0 atom stereocenters. The van der Waals surface area contributed by atoms with Gasteiger partial charge in [-0.1, -0.05) is 12.1 Å². The summed E-state index contributed by atoms with van der Waals surface area (Å²) in [7, 11) is 0. The van der Waals surface area contributed by atoms with E-state index in [9.17, 15) is 13.2 Å². The van der Waals surface area contributed by atoms with Gasteiger partial charge in [-0.3, -0.25) is 0 Å². The number of aliphatic imine (C=N–C) groups is 1. The Morgan fingerprint density at radius 1 is 1.29 bits per heavy atom. The van der Waals surface area contributed by atoms with Gasteiger partial charge in [0.25, 0.3) is 0 Å². The van der Waals surface area contributed by atoms with E-state index in [1.807, 2.05) is 6.92 Å². The molecule has 0 bridgehead atoms. The first-order valence-electron chi connectivity index (χ1n) is 6.26. The highest BCUT2D eigenvalue weighted by molar-refractivity contribution is 14.0. The maximum absolute atomic E-state index is 12.6. The molecule has 1 aromatic rings. The second-order valence-corrected chi connectivity index (χ2v) is 4.04. The van der Waals surface area contributed by atoms with E-state index in [4.69, 9.17) is 5.11 Å². The highest BCUT2D eigenvalue weighted by Crippen LogP contribution is 2.29. The molecule has 0 aromatic heterocycles. The van der Waals surface area contributed by atoms with Crippen LogP contribution in [-0.4, -0.2) is 30.8 Å². The summed E-state index contributed by atoms with van der Waals surface area (Å²) in [5.41, 5.74) is -0.209. The zero-order valence-electron chi connectivity index (χ0n) is 11.6. The number of nitrogens with one attached hydrogen (secondary N) is 2. The highest BCUT2D eigenvalue weighted by atomic mass is 127. The van der Waals surface area contributed by atoms with Gasteiger partial charge >= 0.3 is 6.18 Å². The molecular formula is C13H19F3IN3O. The molecule has 0 saturated carbocycles. The fourth-order valence-corrected chi connectivity index (χ4v) is 1.53. The minimum Gasteiger partial charge on any atom is -0.395 e. The standard InChI is InChI=1S/C13H18F3N3O.HI/c1-2-17-12(18-6-7-20)19-9-10-4-3-5-11(8-10)13(14,15)16;/h3-5,8,20H,2,6-7,9H2,1H3,(H2,17,18,19);1H. The monoisotopic (exact) mass is 417 g/mol. The molecule has 0 amide bonds. The number of benzene rings is 1. The van der Waals surface area contributed by atoms with E-state index in [0.29, 0.717) is 24.6 Å². The molecule has 8 heteroatoms. The van der Waals surface area contributed by atoms with E-state index < -0.39 is 11.7 Å². The van der Waals surface area contributed by atoms with Crippen LogP contribution in [-0.2, 0) is 12.7 Å². The Morgan fingerprint density at radius 2 is 2.00 bits per heavy atom. The number of aliphatic hydroxyl groups excluding tert-OH is 1. The van der Waals surface area contributed by atoms with Crippen molar-refractivity contribution in [2.45, 2.75) is 19.6 Å². The molecule has 0 fully saturated rings. The molecule has 21 heavy (non-hydrogen) atoms. The van der Waals surface area contributed by atoms with Crippen molar-refractivity contribution in [3.8, 4) is 0 Å². The summed E-state index contributed by atoms with van der Waals surface area (Å²) >= 11 is 0. The minimum atomic E-state index is -4.35. The van der Waals surface area contributed by atoms with Crippen LogP contribution in [0, 0.1) is 0 Å².